The van der Waals surface area contributed by atoms with E-state index in [1.807, 2.05) is 0 Å². The summed E-state index contributed by atoms with van der Waals surface area (Å²) in [5.41, 5.74) is 0.832. The number of hydrogen-bond acceptors (Lipinski definition) is 3. The van der Waals surface area contributed by atoms with E-state index in [1.54, 1.807) is 18.2 Å². The summed E-state index contributed by atoms with van der Waals surface area (Å²) in [5, 5.41) is 3.08. The summed E-state index contributed by atoms with van der Waals surface area (Å²) in [6.07, 6.45) is 1.11. The van der Waals surface area contributed by atoms with E-state index in [2.05, 4.69) is 21.2 Å². The average Bonchev–Trinajstić information content (AvgIpc) is 2.41. The van der Waals surface area contributed by atoms with Crippen LogP contribution in [-0.2, 0) is 9.84 Å². The molecular formula is C14H11BrClNO3S. The highest BCUT2D eigenvalue weighted by Gasteiger charge is 2.11. The maximum Gasteiger partial charge on any atom is 0.255 e. The van der Waals surface area contributed by atoms with Gasteiger partial charge in [0.2, 0.25) is 0 Å². The Morgan fingerprint density at radius 3 is 2.29 bits per heavy atom. The number of nitrogens with one attached hydrogen (secondary N) is 1. The lowest BCUT2D eigenvalue weighted by atomic mass is 10.2. The molecule has 0 atom stereocenters. The van der Waals surface area contributed by atoms with Crippen molar-refractivity contribution in [2.24, 2.45) is 0 Å². The van der Waals surface area contributed by atoms with Crippen LogP contribution in [0.25, 0.3) is 0 Å². The number of sulfone groups is 1. The summed E-state index contributed by atoms with van der Waals surface area (Å²) in [7, 11) is -3.27. The molecule has 0 aliphatic carbocycles. The number of benzene rings is 2. The zero-order chi connectivity index (χ0) is 15.6. The van der Waals surface area contributed by atoms with Crippen LogP contribution in [0.2, 0.25) is 5.02 Å². The second-order valence-electron chi connectivity index (χ2n) is 4.37. The zero-order valence-electron chi connectivity index (χ0n) is 10.9. The fourth-order valence-corrected chi connectivity index (χ4v) is 2.99. The minimum atomic E-state index is -3.27. The van der Waals surface area contributed by atoms with Crippen LogP contribution in [-0.4, -0.2) is 20.6 Å². The third-order valence-corrected chi connectivity index (χ3v) is 4.66. The molecule has 110 valence electrons. The first kappa shape index (κ1) is 16.0. The number of carbonyl (C=O) groups excluding carboxylic acids is 1. The molecule has 0 fully saturated rings. The SMILES string of the molecule is CS(=O)(=O)c1ccc(C(=O)Nc2ccc(Br)cc2Cl)cc1. The van der Waals surface area contributed by atoms with Gasteiger partial charge in [0.05, 0.1) is 15.6 Å². The maximum absolute atomic E-state index is 12.1. The minimum Gasteiger partial charge on any atom is -0.321 e. The highest BCUT2D eigenvalue weighted by molar-refractivity contribution is 9.10. The minimum absolute atomic E-state index is 0.167. The molecule has 1 N–H and O–H groups in total. The molecule has 0 spiro atoms. The van der Waals surface area contributed by atoms with Gasteiger partial charge >= 0.3 is 0 Å². The molecule has 2 aromatic carbocycles. The van der Waals surface area contributed by atoms with Crippen LogP contribution < -0.4 is 5.32 Å². The van der Waals surface area contributed by atoms with Crippen molar-refractivity contribution in [3.63, 3.8) is 0 Å². The molecule has 2 rings (SSSR count). The summed E-state index contributed by atoms with van der Waals surface area (Å²) in [6, 6.07) is 10.8. The van der Waals surface area contributed by atoms with Crippen LogP contribution in [0, 0.1) is 0 Å². The van der Waals surface area contributed by atoms with Gasteiger partial charge in [-0.05, 0) is 42.5 Å². The van der Waals surface area contributed by atoms with E-state index >= 15 is 0 Å². The van der Waals surface area contributed by atoms with Gasteiger partial charge in [0.15, 0.2) is 9.84 Å². The fraction of sp³-hybridized carbons (Fsp3) is 0.0714. The van der Waals surface area contributed by atoms with Crippen molar-refractivity contribution >= 4 is 49.0 Å². The highest BCUT2D eigenvalue weighted by atomic mass is 79.9. The molecule has 2 aromatic rings. The molecule has 0 heterocycles. The molecule has 7 heteroatoms. The van der Waals surface area contributed by atoms with Gasteiger partial charge in [0.1, 0.15) is 0 Å². The molecule has 0 saturated carbocycles. The lowest BCUT2D eigenvalue weighted by molar-refractivity contribution is 0.102. The molecule has 21 heavy (non-hydrogen) atoms. The molecule has 1 amide bonds. The summed E-state index contributed by atoms with van der Waals surface area (Å²) in [4.78, 5) is 12.2. The lowest BCUT2D eigenvalue weighted by Crippen LogP contribution is -2.12. The van der Waals surface area contributed by atoms with Gasteiger partial charge in [0.25, 0.3) is 5.91 Å². The molecule has 0 unspecified atom stereocenters. The maximum atomic E-state index is 12.1. The molecule has 0 aliphatic heterocycles. The molecule has 0 aromatic heterocycles. The van der Waals surface area contributed by atoms with Gasteiger partial charge in [-0.2, -0.15) is 0 Å². The van der Waals surface area contributed by atoms with Crippen molar-refractivity contribution < 1.29 is 13.2 Å². The van der Waals surface area contributed by atoms with E-state index in [0.29, 0.717) is 16.3 Å². The van der Waals surface area contributed by atoms with Crippen molar-refractivity contribution in [3.05, 3.63) is 57.5 Å². The van der Waals surface area contributed by atoms with Crippen LogP contribution in [0.4, 0.5) is 5.69 Å². The molecule has 0 saturated heterocycles. The van der Waals surface area contributed by atoms with Gasteiger partial charge in [-0.1, -0.05) is 27.5 Å². The van der Waals surface area contributed by atoms with Gasteiger partial charge in [0, 0.05) is 16.3 Å². The summed E-state index contributed by atoms with van der Waals surface area (Å²) in [5.74, 6) is -0.362. The normalized spacial score (nSPS) is 11.2. The van der Waals surface area contributed by atoms with Crippen molar-refractivity contribution in [1.29, 1.82) is 0 Å². The Morgan fingerprint density at radius 2 is 1.76 bits per heavy atom. The Bertz CT molecular complexity index is 788. The quantitative estimate of drug-likeness (QED) is 0.871. The second-order valence-corrected chi connectivity index (χ2v) is 7.71. The predicted octanol–water partition coefficient (Wildman–Crippen LogP) is 3.76. The standard InChI is InChI=1S/C14H11BrClNO3S/c1-21(19,20)11-5-2-9(3-6-11)14(18)17-13-7-4-10(15)8-12(13)16/h2-8H,1H3,(H,17,18). The Balaban J connectivity index is 2.21. The topological polar surface area (TPSA) is 63.2 Å². The fourth-order valence-electron chi connectivity index (χ4n) is 1.64. The first-order valence-corrected chi connectivity index (χ1v) is 8.90. The van der Waals surface area contributed by atoms with Crippen molar-refractivity contribution in [1.82, 2.24) is 0 Å². The van der Waals surface area contributed by atoms with Crippen LogP contribution in [0.1, 0.15) is 10.4 Å². The van der Waals surface area contributed by atoms with E-state index < -0.39 is 9.84 Å². The number of amides is 1. The van der Waals surface area contributed by atoms with Crippen LogP contribution in [0.3, 0.4) is 0 Å². The first-order valence-electron chi connectivity index (χ1n) is 5.84. The Kier molecular flexibility index (Phi) is 4.70. The van der Waals surface area contributed by atoms with E-state index in [4.69, 9.17) is 11.6 Å². The van der Waals surface area contributed by atoms with Crippen LogP contribution in [0.5, 0.6) is 0 Å². The highest BCUT2D eigenvalue weighted by Crippen LogP contribution is 2.26. The number of hydrogen-bond donors (Lipinski definition) is 1. The smallest absolute Gasteiger partial charge is 0.255 e. The summed E-state index contributed by atoms with van der Waals surface area (Å²) >= 11 is 9.30. The Labute approximate surface area is 136 Å². The summed E-state index contributed by atoms with van der Waals surface area (Å²) in [6.45, 7) is 0. The van der Waals surface area contributed by atoms with Gasteiger partial charge in [-0.15, -0.1) is 0 Å². The van der Waals surface area contributed by atoms with Crippen molar-refractivity contribution in [3.8, 4) is 0 Å². The summed E-state index contributed by atoms with van der Waals surface area (Å²) < 4.78 is 23.5. The van der Waals surface area contributed by atoms with Crippen molar-refractivity contribution in [2.75, 3.05) is 11.6 Å². The van der Waals surface area contributed by atoms with Crippen LogP contribution in [0.15, 0.2) is 51.8 Å². The number of anilines is 1. The van der Waals surface area contributed by atoms with Crippen LogP contribution >= 0.6 is 27.5 Å². The number of carbonyl (C=O) groups is 1. The van der Waals surface area contributed by atoms with E-state index in [0.717, 1.165) is 10.7 Å². The lowest BCUT2D eigenvalue weighted by Gasteiger charge is -2.08. The van der Waals surface area contributed by atoms with Gasteiger partial charge < -0.3 is 5.32 Å². The van der Waals surface area contributed by atoms with Gasteiger partial charge in [-0.25, -0.2) is 8.42 Å². The van der Waals surface area contributed by atoms with Crippen molar-refractivity contribution in [2.45, 2.75) is 4.90 Å². The first-order chi connectivity index (χ1) is 9.77. The second kappa shape index (κ2) is 6.17. The van der Waals surface area contributed by atoms with Gasteiger partial charge in [-0.3, -0.25) is 4.79 Å². The number of halogens is 2. The monoisotopic (exact) mass is 387 g/mol. The number of rotatable bonds is 3. The van der Waals surface area contributed by atoms with E-state index in [-0.39, 0.29) is 10.8 Å². The van der Waals surface area contributed by atoms with E-state index in [9.17, 15) is 13.2 Å². The average molecular weight is 389 g/mol. The third-order valence-electron chi connectivity index (χ3n) is 2.72. The molecular weight excluding hydrogens is 378 g/mol. The largest absolute Gasteiger partial charge is 0.321 e. The molecule has 0 aliphatic rings. The zero-order valence-corrected chi connectivity index (χ0v) is 14.1. The van der Waals surface area contributed by atoms with E-state index in [1.165, 1.54) is 24.3 Å². The molecule has 0 radical (unpaired) electrons. The molecule has 4 nitrogen and oxygen atoms in total. The third kappa shape index (κ3) is 4.06. The predicted molar refractivity (Wildman–Crippen MR) is 86.7 cm³/mol. The Morgan fingerprint density at radius 1 is 1.14 bits per heavy atom. The Hall–Kier alpha value is -1.37. The molecule has 0 bridgehead atoms.